The number of carbonyl (C=O) groups excluding carboxylic acids is 1. The molecule has 1 aliphatic rings. The second-order valence-corrected chi connectivity index (χ2v) is 5.93. The third-order valence-electron chi connectivity index (χ3n) is 4.35. The highest BCUT2D eigenvalue weighted by Crippen LogP contribution is 2.26. The summed E-state index contributed by atoms with van der Waals surface area (Å²) in [6.07, 6.45) is 5.14. The molecule has 1 fully saturated rings. The number of nitrogens with zero attached hydrogens (tertiary/aromatic N) is 3. The van der Waals surface area contributed by atoms with E-state index in [0.717, 1.165) is 34.6 Å². The van der Waals surface area contributed by atoms with E-state index in [0.29, 0.717) is 13.0 Å². The van der Waals surface area contributed by atoms with Crippen LogP contribution in [0, 0.1) is 0 Å². The summed E-state index contributed by atoms with van der Waals surface area (Å²) in [5.74, 6) is 1.66. The Morgan fingerprint density at radius 3 is 3.04 bits per heavy atom. The van der Waals surface area contributed by atoms with Crippen LogP contribution in [-0.4, -0.2) is 33.6 Å². The van der Waals surface area contributed by atoms with Crippen molar-refractivity contribution in [3.8, 4) is 17.3 Å². The van der Waals surface area contributed by atoms with E-state index in [2.05, 4.69) is 10.3 Å². The molecule has 1 saturated heterocycles. The maximum atomic E-state index is 11.4. The van der Waals surface area contributed by atoms with Crippen LogP contribution >= 0.6 is 0 Å². The van der Waals surface area contributed by atoms with Crippen molar-refractivity contribution < 1.29 is 9.53 Å². The zero-order valence-corrected chi connectivity index (χ0v) is 13.4. The summed E-state index contributed by atoms with van der Waals surface area (Å²) in [6, 6.07) is 10.0. The Morgan fingerprint density at radius 2 is 2.25 bits per heavy atom. The molecule has 4 rings (SSSR count). The van der Waals surface area contributed by atoms with Gasteiger partial charge in [-0.25, -0.2) is 9.97 Å². The number of pyridine rings is 1. The van der Waals surface area contributed by atoms with Crippen LogP contribution in [0.5, 0.6) is 5.75 Å². The molecule has 2 aromatic heterocycles. The lowest BCUT2D eigenvalue weighted by molar-refractivity contribution is -0.119. The smallest absolute Gasteiger partial charge is 0.220 e. The second kappa shape index (κ2) is 5.96. The SMILES string of the molecule is COc1cccc2ccc(-c3nccn3CC3CCC(=O)N3)nc12. The monoisotopic (exact) mass is 322 g/mol. The summed E-state index contributed by atoms with van der Waals surface area (Å²) in [5.41, 5.74) is 1.61. The number of para-hydroxylation sites is 1. The highest BCUT2D eigenvalue weighted by Gasteiger charge is 2.22. The fourth-order valence-corrected chi connectivity index (χ4v) is 3.15. The highest BCUT2D eigenvalue weighted by atomic mass is 16.5. The average molecular weight is 322 g/mol. The summed E-state index contributed by atoms with van der Waals surface area (Å²) >= 11 is 0. The largest absolute Gasteiger partial charge is 0.494 e. The molecule has 0 saturated carbocycles. The van der Waals surface area contributed by atoms with Crippen molar-refractivity contribution in [1.82, 2.24) is 19.9 Å². The Kier molecular flexibility index (Phi) is 3.65. The van der Waals surface area contributed by atoms with Gasteiger partial charge in [-0.1, -0.05) is 18.2 Å². The van der Waals surface area contributed by atoms with Crippen LogP contribution in [0.15, 0.2) is 42.7 Å². The van der Waals surface area contributed by atoms with E-state index in [9.17, 15) is 4.79 Å². The predicted octanol–water partition coefficient (Wildman–Crippen LogP) is 2.39. The first-order valence-corrected chi connectivity index (χ1v) is 7.99. The van der Waals surface area contributed by atoms with Crippen molar-refractivity contribution in [2.24, 2.45) is 0 Å². The Hall–Kier alpha value is -2.89. The van der Waals surface area contributed by atoms with Gasteiger partial charge in [0, 0.05) is 36.8 Å². The molecule has 1 aromatic carbocycles. The van der Waals surface area contributed by atoms with Crippen molar-refractivity contribution in [1.29, 1.82) is 0 Å². The zero-order valence-electron chi connectivity index (χ0n) is 13.4. The minimum absolute atomic E-state index is 0.121. The first kappa shape index (κ1) is 14.7. The van der Waals surface area contributed by atoms with Gasteiger partial charge in [0.05, 0.1) is 7.11 Å². The van der Waals surface area contributed by atoms with Crippen LogP contribution in [-0.2, 0) is 11.3 Å². The highest BCUT2D eigenvalue weighted by molar-refractivity contribution is 5.86. The first-order valence-electron chi connectivity index (χ1n) is 7.99. The van der Waals surface area contributed by atoms with Crippen molar-refractivity contribution in [3.63, 3.8) is 0 Å². The molecule has 3 heterocycles. The lowest BCUT2D eigenvalue weighted by Gasteiger charge is -2.13. The fraction of sp³-hybridized carbons (Fsp3) is 0.278. The van der Waals surface area contributed by atoms with Crippen molar-refractivity contribution in [2.75, 3.05) is 7.11 Å². The summed E-state index contributed by atoms with van der Waals surface area (Å²) in [6.45, 7) is 0.701. The van der Waals surface area contributed by atoms with E-state index >= 15 is 0 Å². The molecule has 0 bridgehead atoms. The van der Waals surface area contributed by atoms with Crippen LogP contribution < -0.4 is 10.1 Å². The molecule has 1 amide bonds. The van der Waals surface area contributed by atoms with Gasteiger partial charge in [0.25, 0.3) is 0 Å². The standard InChI is InChI=1S/C18H18N4O2/c1-24-15-4-2-3-12-5-7-14(21-17(12)15)18-19-9-10-22(18)11-13-6-8-16(23)20-13/h2-5,7,9-10,13H,6,8,11H2,1H3,(H,20,23). The molecule has 6 nitrogen and oxygen atoms in total. The lowest BCUT2D eigenvalue weighted by Crippen LogP contribution is -2.29. The molecular weight excluding hydrogens is 304 g/mol. The number of hydrogen-bond acceptors (Lipinski definition) is 4. The van der Waals surface area contributed by atoms with Gasteiger partial charge in [0.2, 0.25) is 5.91 Å². The zero-order chi connectivity index (χ0) is 16.5. The summed E-state index contributed by atoms with van der Waals surface area (Å²) in [7, 11) is 1.65. The second-order valence-electron chi connectivity index (χ2n) is 5.93. The Morgan fingerprint density at radius 1 is 1.33 bits per heavy atom. The number of rotatable bonds is 4. The van der Waals surface area contributed by atoms with Gasteiger partial charge in [-0.05, 0) is 18.6 Å². The van der Waals surface area contributed by atoms with Gasteiger partial charge < -0.3 is 14.6 Å². The van der Waals surface area contributed by atoms with Gasteiger partial charge in [0.1, 0.15) is 17.0 Å². The van der Waals surface area contributed by atoms with E-state index in [1.807, 2.05) is 41.1 Å². The summed E-state index contributed by atoms with van der Waals surface area (Å²) in [4.78, 5) is 20.6. The van der Waals surface area contributed by atoms with Crippen LogP contribution in [0.4, 0.5) is 0 Å². The van der Waals surface area contributed by atoms with Crippen LogP contribution in [0.1, 0.15) is 12.8 Å². The number of nitrogens with one attached hydrogen (secondary N) is 1. The van der Waals surface area contributed by atoms with Gasteiger partial charge in [-0.2, -0.15) is 0 Å². The number of amides is 1. The Labute approximate surface area is 139 Å². The van der Waals surface area contributed by atoms with E-state index in [-0.39, 0.29) is 11.9 Å². The quantitative estimate of drug-likeness (QED) is 0.801. The number of benzene rings is 1. The van der Waals surface area contributed by atoms with Crippen LogP contribution in [0.25, 0.3) is 22.4 Å². The van der Waals surface area contributed by atoms with Gasteiger partial charge in [-0.15, -0.1) is 0 Å². The molecule has 0 spiro atoms. The van der Waals surface area contributed by atoms with Crippen molar-refractivity contribution in [3.05, 3.63) is 42.7 Å². The Balaban J connectivity index is 1.70. The van der Waals surface area contributed by atoms with Crippen molar-refractivity contribution >= 4 is 16.8 Å². The first-order chi connectivity index (χ1) is 11.7. The lowest BCUT2D eigenvalue weighted by atomic mass is 10.2. The van der Waals surface area contributed by atoms with Crippen molar-refractivity contribution in [2.45, 2.75) is 25.4 Å². The predicted molar refractivity (Wildman–Crippen MR) is 90.7 cm³/mol. The topological polar surface area (TPSA) is 69.0 Å². The number of imidazole rings is 1. The molecule has 24 heavy (non-hydrogen) atoms. The summed E-state index contributed by atoms with van der Waals surface area (Å²) < 4.78 is 7.45. The third kappa shape index (κ3) is 2.60. The maximum absolute atomic E-state index is 11.4. The molecule has 6 heteroatoms. The number of hydrogen-bond donors (Lipinski definition) is 1. The van der Waals surface area contributed by atoms with Gasteiger partial charge in [0.15, 0.2) is 5.82 Å². The summed E-state index contributed by atoms with van der Waals surface area (Å²) in [5, 5.41) is 4.02. The number of fused-ring (bicyclic) bond motifs is 1. The van der Waals surface area contributed by atoms with Gasteiger partial charge in [-0.3, -0.25) is 4.79 Å². The minimum Gasteiger partial charge on any atom is -0.494 e. The molecule has 0 radical (unpaired) electrons. The molecule has 1 aliphatic heterocycles. The molecule has 3 aromatic rings. The average Bonchev–Trinajstić information content (AvgIpc) is 3.23. The van der Waals surface area contributed by atoms with E-state index in [1.165, 1.54) is 0 Å². The number of carbonyl (C=O) groups is 1. The minimum atomic E-state index is 0.121. The fourth-order valence-electron chi connectivity index (χ4n) is 3.15. The number of aromatic nitrogens is 3. The van der Waals surface area contributed by atoms with Crippen LogP contribution in [0.2, 0.25) is 0 Å². The molecule has 0 aliphatic carbocycles. The van der Waals surface area contributed by atoms with E-state index in [4.69, 9.17) is 9.72 Å². The molecular formula is C18H18N4O2. The number of methoxy groups -OCH3 is 1. The maximum Gasteiger partial charge on any atom is 0.220 e. The Bertz CT molecular complexity index is 903. The number of ether oxygens (including phenoxy) is 1. The third-order valence-corrected chi connectivity index (χ3v) is 4.35. The normalized spacial score (nSPS) is 17.2. The molecule has 1 atom stereocenters. The van der Waals surface area contributed by atoms with E-state index < -0.39 is 0 Å². The molecule has 122 valence electrons. The van der Waals surface area contributed by atoms with E-state index in [1.54, 1.807) is 13.3 Å². The molecule has 1 N–H and O–H groups in total. The van der Waals surface area contributed by atoms with Crippen LogP contribution in [0.3, 0.4) is 0 Å². The van der Waals surface area contributed by atoms with Gasteiger partial charge >= 0.3 is 0 Å². The molecule has 1 unspecified atom stereocenters.